The average Bonchev–Trinajstić information content (AvgIpc) is 2.26. The van der Waals surface area contributed by atoms with Gasteiger partial charge in [0.15, 0.2) is 5.69 Å². The fraction of sp³-hybridized carbons (Fsp3) is 0.125. The maximum atomic E-state index is 10.6. The Hall–Kier alpha value is -2.29. The molecule has 16 heavy (non-hydrogen) atoms. The van der Waals surface area contributed by atoms with Crippen LogP contribution in [-0.4, -0.2) is 16.5 Å². The van der Waals surface area contributed by atoms with E-state index in [1.807, 2.05) is 0 Å². The average molecular weight is 238 g/mol. The number of hydrogen-bond acceptors (Lipinski definition) is 4. The van der Waals surface area contributed by atoms with E-state index in [0.717, 1.165) is 6.07 Å². The molecule has 0 aliphatic carbocycles. The lowest BCUT2D eigenvalue weighted by atomic mass is 10.3. The molecule has 0 aliphatic heterocycles. The number of halogens is 1. The summed E-state index contributed by atoms with van der Waals surface area (Å²) in [5.41, 5.74) is 7.70. The van der Waals surface area contributed by atoms with Crippen molar-refractivity contribution in [3.8, 4) is 11.8 Å². The Kier molecular flexibility index (Phi) is 4.09. The standard InChI is InChI=1S/C8H4ClN5O2/c9-6-4-8(14(15)16)7(11-5-6)2-1-3-12-13-10/h4-5H,3H2. The molecular formula is C8H4ClN5O2. The summed E-state index contributed by atoms with van der Waals surface area (Å²) < 4.78 is 0. The summed E-state index contributed by atoms with van der Waals surface area (Å²) in [5, 5.41) is 13.9. The molecule has 0 atom stereocenters. The second kappa shape index (κ2) is 5.56. The summed E-state index contributed by atoms with van der Waals surface area (Å²) in [7, 11) is 0. The minimum atomic E-state index is -0.629. The smallest absolute Gasteiger partial charge is 0.258 e. The maximum Gasteiger partial charge on any atom is 0.304 e. The van der Waals surface area contributed by atoms with Gasteiger partial charge in [-0.1, -0.05) is 22.6 Å². The van der Waals surface area contributed by atoms with Crippen molar-refractivity contribution in [2.75, 3.05) is 6.54 Å². The van der Waals surface area contributed by atoms with Crippen molar-refractivity contribution in [1.82, 2.24) is 4.98 Å². The van der Waals surface area contributed by atoms with Crippen LogP contribution in [0.3, 0.4) is 0 Å². The summed E-state index contributed by atoms with van der Waals surface area (Å²) in [5.74, 6) is 4.87. The van der Waals surface area contributed by atoms with E-state index in [2.05, 4.69) is 26.9 Å². The Bertz CT molecular complexity index is 527. The van der Waals surface area contributed by atoms with Crippen LogP contribution >= 0.6 is 11.6 Å². The second-order valence-corrected chi connectivity index (χ2v) is 2.91. The van der Waals surface area contributed by atoms with E-state index in [4.69, 9.17) is 17.1 Å². The number of azide groups is 1. The van der Waals surface area contributed by atoms with Crippen LogP contribution in [0, 0.1) is 22.0 Å². The predicted molar refractivity (Wildman–Crippen MR) is 56.8 cm³/mol. The van der Waals surface area contributed by atoms with Crippen LogP contribution in [0.4, 0.5) is 5.69 Å². The van der Waals surface area contributed by atoms with E-state index in [-0.39, 0.29) is 22.9 Å². The van der Waals surface area contributed by atoms with Crippen LogP contribution in [0.15, 0.2) is 17.4 Å². The first-order valence-electron chi connectivity index (χ1n) is 3.95. The highest BCUT2D eigenvalue weighted by molar-refractivity contribution is 6.30. The lowest BCUT2D eigenvalue weighted by molar-refractivity contribution is -0.385. The molecule has 8 heteroatoms. The molecule has 0 spiro atoms. The van der Waals surface area contributed by atoms with Gasteiger partial charge in [0.2, 0.25) is 0 Å². The van der Waals surface area contributed by atoms with E-state index in [1.54, 1.807) is 0 Å². The largest absolute Gasteiger partial charge is 0.304 e. The van der Waals surface area contributed by atoms with E-state index < -0.39 is 4.92 Å². The first kappa shape index (κ1) is 11.8. The van der Waals surface area contributed by atoms with Gasteiger partial charge in [-0.05, 0) is 11.5 Å². The zero-order valence-electron chi connectivity index (χ0n) is 7.79. The molecule has 0 aromatic carbocycles. The number of hydrogen-bond donors (Lipinski definition) is 0. The predicted octanol–water partition coefficient (Wildman–Crippen LogP) is 2.31. The normalized spacial score (nSPS) is 8.56. The number of aromatic nitrogens is 1. The molecule has 0 saturated carbocycles. The minimum absolute atomic E-state index is 0.0115. The van der Waals surface area contributed by atoms with Gasteiger partial charge in [-0.3, -0.25) is 10.1 Å². The van der Waals surface area contributed by atoms with Gasteiger partial charge in [-0.15, -0.1) is 0 Å². The van der Waals surface area contributed by atoms with Gasteiger partial charge in [0.25, 0.3) is 0 Å². The van der Waals surface area contributed by atoms with Crippen LogP contribution in [-0.2, 0) is 0 Å². The van der Waals surface area contributed by atoms with Crippen LogP contribution in [0.2, 0.25) is 5.02 Å². The first-order chi connectivity index (χ1) is 7.65. The molecule has 1 heterocycles. The van der Waals surface area contributed by atoms with Crippen LogP contribution in [0.1, 0.15) is 5.69 Å². The molecule has 1 rings (SSSR count). The molecule has 80 valence electrons. The Morgan fingerprint density at radius 2 is 2.50 bits per heavy atom. The molecule has 0 aliphatic rings. The topological polar surface area (TPSA) is 105 Å². The summed E-state index contributed by atoms with van der Waals surface area (Å²) in [4.78, 5) is 16.2. The molecule has 1 aromatic rings. The van der Waals surface area contributed by atoms with Gasteiger partial charge in [-0.2, -0.15) is 0 Å². The Morgan fingerprint density at radius 1 is 1.75 bits per heavy atom. The Balaban J connectivity index is 3.06. The first-order valence-corrected chi connectivity index (χ1v) is 4.32. The van der Waals surface area contributed by atoms with Crippen LogP contribution in [0.25, 0.3) is 10.4 Å². The third kappa shape index (κ3) is 3.13. The number of nitro groups is 1. The van der Waals surface area contributed by atoms with Gasteiger partial charge in [0, 0.05) is 17.2 Å². The quantitative estimate of drug-likeness (QED) is 0.197. The third-order valence-corrected chi connectivity index (χ3v) is 1.66. The fourth-order valence-electron chi connectivity index (χ4n) is 0.854. The number of nitrogens with zero attached hydrogens (tertiary/aromatic N) is 5. The van der Waals surface area contributed by atoms with E-state index in [0.29, 0.717) is 0 Å². The molecule has 0 radical (unpaired) electrons. The summed E-state index contributed by atoms with van der Waals surface area (Å²) in [6.45, 7) is -0.0715. The molecule has 0 saturated heterocycles. The lowest BCUT2D eigenvalue weighted by Crippen LogP contribution is -1.94. The molecule has 0 unspecified atom stereocenters. The minimum Gasteiger partial charge on any atom is -0.258 e. The van der Waals surface area contributed by atoms with Crippen LogP contribution in [0.5, 0.6) is 0 Å². The summed E-state index contributed by atoms with van der Waals surface area (Å²) in [6.07, 6.45) is 1.26. The highest BCUT2D eigenvalue weighted by Gasteiger charge is 2.13. The van der Waals surface area contributed by atoms with Crippen molar-refractivity contribution in [2.24, 2.45) is 5.11 Å². The summed E-state index contributed by atoms with van der Waals surface area (Å²) in [6, 6.07) is 1.16. The Labute approximate surface area is 94.8 Å². The monoisotopic (exact) mass is 237 g/mol. The second-order valence-electron chi connectivity index (χ2n) is 2.47. The maximum absolute atomic E-state index is 10.6. The molecule has 1 aromatic heterocycles. The van der Waals surface area contributed by atoms with Crippen molar-refractivity contribution in [2.45, 2.75) is 0 Å². The Morgan fingerprint density at radius 3 is 3.12 bits per heavy atom. The highest BCUT2D eigenvalue weighted by atomic mass is 35.5. The fourth-order valence-corrected chi connectivity index (χ4v) is 1.01. The molecule has 0 bridgehead atoms. The van der Waals surface area contributed by atoms with Gasteiger partial charge < -0.3 is 0 Å². The van der Waals surface area contributed by atoms with Crippen LogP contribution < -0.4 is 0 Å². The van der Waals surface area contributed by atoms with E-state index in [1.165, 1.54) is 6.20 Å². The van der Waals surface area contributed by atoms with Crippen molar-refractivity contribution >= 4 is 17.3 Å². The molecule has 0 amide bonds. The van der Waals surface area contributed by atoms with E-state index >= 15 is 0 Å². The lowest BCUT2D eigenvalue weighted by Gasteiger charge is -1.94. The third-order valence-electron chi connectivity index (χ3n) is 1.45. The van der Waals surface area contributed by atoms with Crippen molar-refractivity contribution in [3.05, 3.63) is 43.5 Å². The SMILES string of the molecule is [N-]=[N+]=NCC#Cc1ncc(Cl)cc1[N+](=O)[O-]. The zero-order chi connectivity index (χ0) is 12.0. The van der Waals surface area contributed by atoms with Crippen molar-refractivity contribution in [1.29, 1.82) is 0 Å². The van der Waals surface area contributed by atoms with Gasteiger partial charge in [0.1, 0.15) is 0 Å². The van der Waals surface area contributed by atoms with Gasteiger partial charge in [-0.25, -0.2) is 4.98 Å². The van der Waals surface area contributed by atoms with Gasteiger partial charge >= 0.3 is 5.69 Å². The van der Waals surface area contributed by atoms with Crippen molar-refractivity contribution < 1.29 is 4.92 Å². The van der Waals surface area contributed by atoms with E-state index in [9.17, 15) is 10.1 Å². The number of pyridine rings is 1. The van der Waals surface area contributed by atoms with Gasteiger partial charge in [0.05, 0.1) is 16.5 Å². The molecular weight excluding hydrogens is 234 g/mol. The number of rotatable bonds is 2. The molecule has 0 fully saturated rings. The summed E-state index contributed by atoms with van der Waals surface area (Å²) >= 11 is 5.56. The molecule has 7 nitrogen and oxygen atoms in total. The molecule has 0 N–H and O–H groups in total. The zero-order valence-corrected chi connectivity index (χ0v) is 8.55. The van der Waals surface area contributed by atoms with Crippen molar-refractivity contribution in [3.63, 3.8) is 0 Å². The highest BCUT2D eigenvalue weighted by Crippen LogP contribution is 2.19.